The zero-order valence-electron chi connectivity index (χ0n) is 15.0. The van der Waals surface area contributed by atoms with Gasteiger partial charge in [0.15, 0.2) is 5.60 Å². The van der Waals surface area contributed by atoms with Crippen molar-refractivity contribution in [3.8, 4) is 5.75 Å². The van der Waals surface area contributed by atoms with E-state index in [1.54, 1.807) is 4.90 Å². The normalized spacial score (nSPS) is 22.9. The van der Waals surface area contributed by atoms with Gasteiger partial charge in [-0.15, -0.1) is 0 Å². The summed E-state index contributed by atoms with van der Waals surface area (Å²) in [5, 5.41) is 9.66. The number of carbonyl (C=O) groups excluding carboxylic acids is 2. The van der Waals surface area contributed by atoms with E-state index in [4.69, 9.17) is 4.74 Å². The number of carbonyl (C=O) groups is 2. The lowest BCUT2D eigenvalue weighted by Crippen LogP contribution is -2.44. The number of halogens is 3. The van der Waals surface area contributed by atoms with Gasteiger partial charge in [-0.25, -0.2) is 0 Å². The molecule has 8 heteroatoms. The number of aliphatic hydroxyl groups is 1. The van der Waals surface area contributed by atoms with Crippen LogP contribution in [0.3, 0.4) is 0 Å². The molecule has 1 heterocycles. The second-order valence-corrected chi connectivity index (χ2v) is 7.41. The van der Waals surface area contributed by atoms with E-state index in [9.17, 15) is 27.9 Å². The summed E-state index contributed by atoms with van der Waals surface area (Å²) in [5.74, 6) is -0.662. The van der Waals surface area contributed by atoms with Crippen molar-refractivity contribution < 1.29 is 32.6 Å². The topological polar surface area (TPSA) is 66.8 Å². The molecule has 5 nitrogen and oxygen atoms in total. The summed E-state index contributed by atoms with van der Waals surface area (Å²) >= 11 is 0. The summed E-state index contributed by atoms with van der Waals surface area (Å²) < 4.78 is 43.9. The molecule has 1 aliphatic carbocycles. The van der Waals surface area contributed by atoms with Crippen molar-refractivity contribution in [1.82, 2.24) is 4.90 Å². The highest BCUT2D eigenvalue weighted by Gasteiger charge is 2.51. The van der Waals surface area contributed by atoms with Crippen LogP contribution in [-0.4, -0.2) is 41.1 Å². The molecular formula is C19H22F3NO4. The monoisotopic (exact) mass is 385 g/mol. The molecule has 0 bridgehead atoms. The van der Waals surface area contributed by atoms with Crippen molar-refractivity contribution in [1.29, 1.82) is 0 Å². The summed E-state index contributed by atoms with van der Waals surface area (Å²) in [5.41, 5.74) is -3.32. The minimum Gasteiger partial charge on any atom is -0.426 e. The number of ether oxygens (including phenoxy) is 1. The van der Waals surface area contributed by atoms with E-state index in [1.807, 2.05) is 0 Å². The standard InChI is InChI=1S/C19H22F3NO4/c1-18(26,19(20,21)22)14-6-8-15(9-7-14)27-17(25)13-3-2-10-23(11-13)16(24)12-4-5-12/h6-9,12-13,26H,2-5,10-11H2,1H3/t13-,18-/m0/s1. The summed E-state index contributed by atoms with van der Waals surface area (Å²) in [6.07, 6.45) is -1.69. The number of nitrogens with zero attached hydrogens (tertiary/aromatic N) is 1. The van der Waals surface area contributed by atoms with Crippen LogP contribution in [0, 0.1) is 11.8 Å². The van der Waals surface area contributed by atoms with Crippen molar-refractivity contribution in [3.63, 3.8) is 0 Å². The van der Waals surface area contributed by atoms with E-state index in [2.05, 4.69) is 0 Å². The van der Waals surface area contributed by atoms with E-state index in [0.29, 0.717) is 32.9 Å². The second kappa shape index (κ2) is 7.14. The molecule has 1 amide bonds. The zero-order chi connectivity index (χ0) is 19.8. The molecule has 1 N–H and O–H groups in total. The van der Waals surface area contributed by atoms with Crippen molar-refractivity contribution in [2.24, 2.45) is 11.8 Å². The summed E-state index contributed by atoms with van der Waals surface area (Å²) in [4.78, 5) is 26.2. The van der Waals surface area contributed by atoms with E-state index >= 15 is 0 Å². The molecule has 3 rings (SSSR count). The fourth-order valence-electron chi connectivity index (χ4n) is 3.17. The molecule has 2 fully saturated rings. The minimum absolute atomic E-state index is 0.0891. The summed E-state index contributed by atoms with van der Waals surface area (Å²) in [6, 6.07) is 4.62. The molecule has 1 saturated heterocycles. The Kier molecular flexibility index (Phi) is 5.20. The first-order chi connectivity index (χ1) is 12.6. The first kappa shape index (κ1) is 19.7. The van der Waals surface area contributed by atoms with Gasteiger partial charge in [-0.05, 0) is 50.3 Å². The van der Waals surface area contributed by atoms with Gasteiger partial charge in [0.2, 0.25) is 5.91 Å². The Morgan fingerprint density at radius 1 is 1.11 bits per heavy atom. The molecule has 0 radical (unpaired) electrons. The second-order valence-electron chi connectivity index (χ2n) is 7.41. The van der Waals surface area contributed by atoms with Crippen LogP contribution in [-0.2, 0) is 15.2 Å². The predicted octanol–water partition coefficient (Wildman–Crippen LogP) is 3.01. The van der Waals surface area contributed by atoms with Crippen LogP contribution in [0.2, 0.25) is 0 Å². The predicted molar refractivity (Wildman–Crippen MR) is 89.7 cm³/mol. The Bertz CT molecular complexity index is 711. The van der Waals surface area contributed by atoms with Crippen molar-refractivity contribution in [2.45, 2.75) is 44.4 Å². The zero-order valence-corrected chi connectivity index (χ0v) is 15.0. The number of hydrogen-bond acceptors (Lipinski definition) is 4. The molecule has 1 saturated carbocycles. The number of benzene rings is 1. The first-order valence-electron chi connectivity index (χ1n) is 8.99. The lowest BCUT2D eigenvalue weighted by atomic mass is 9.95. The Morgan fingerprint density at radius 2 is 1.74 bits per heavy atom. The highest BCUT2D eigenvalue weighted by molar-refractivity contribution is 5.82. The smallest absolute Gasteiger partial charge is 0.421 e. The number of likely N-dealkylation sites (tertiary alicyclic amines) is 1. The van der Waals surface area contributed by atoms with Gasteiger partial charge in [0.05, 0.1) is 5.92 Å². The summed E-state index contributed by atoms with van der Waals surface area (Å²) in [7, 11) is 0. The number of piperidine rings is 1. The van der Waals surface area contributed by atoms with Crippen LogP contribution in [0.1, 0.15) is 38.2 Å². The molecule has 27 heavy (non-hydrogen) atoms. The van der Waals surface area contributed by atoms with Crippen molar-refractivity contribution in [3.05, 3.63) is 29.8 Å². The number of amides is 1. The van der Waals surface area contributed by atoms with Crippen LogP contribution >= 0.6 is 0 Å². The molecule has 2 atom stereocenters. The third-order valence-electron chi connectivity index (χ3n) is 5.18. The van der Waals surface area contributed by atoms with Gasteiger partial charge in [0.25, 0.3) is 0 Å². The van der Waals surface area contributed by atoms with E-state index < -0.39 is 23.7 Å². The van der Waals surface area contributed by atoms with E-state index in [1.165, 1.54) is 12.1 Å². The Labute approximate surface area is 155 Å². The van der Waals surface area contributed by atoms with Gasteiger partial charge in [-0.3, -0.25) is 9.59 Å². The lowest BCUT2D eigenvalue weighted by molar-refractivity contribution is -0.258. The Morgan fingerprint density at radius 3 is 2.30 bits per heavy atom. The molecule has 148 valence electrons. The van der Waals surface area contributed by atoms with Gasteiger partial charge in [-0.2, -0.15) is 13.2 Å². The van der Waals surface area contributed by atoms with Gasteiger partial charge in [0.1, 0.15) is 5.75 Å². The number of hydrogen-bond donors (Lipinski definition) is 1. The molecule has 2 aliphatic rings. The van der Waals surface area contributed by atoms with Gasteiger partial charge < -0.3 is 14.7 Å². The SMILES string of the molecule is C[C@](O)(c1ccc(OC(=O)[C@H]2CCCN(C(=O)C3CC3)C2)cc1)C(F)(F)F. The maximum Gasteiger partial charge on any atom is 0.421 e. The first-order valence-corrected chi connectivity index (χ1v) is 8.99. The largest absolute Gasteiger partial charge is 0.426 e. The fraction of sp³-hybridized carbons (Fsp3) is 0.579. The van der Waals surface area contributed by atoms with Crippen LogP contribution in [0.5, 0.6) is 5.75 Å². The fourth-order valence-corrected chi connectivity index (χ4v) is 3.17. The number of alkyl halides is 3. The lowest BCUT2D eigenvalue weighted by Gasteiger charge is -2.31. The highest BCUT2D eigenvalue weighted by atomic mass is 19.4. The average Bonchev–Trinajstić information content (AvgIpc) is 3.46. The summed E-state index contributed by atoms with van der Waals surface area (Å²) in [6.45, 7) is 1.62. The highest BCUT2D eigenvalue weighted by Crippen LogP contribution is 2.39. The van der Waals surface area contributed by atoms with E-state index in [0.717, 1.165) is 25.0 Å². The maximum atomic E-state index is 12.9. The van der Waals surface area contributed by atoms with Crippen LogP contribution in [0.25, 0.3) is 0 Å². The molecule has 0 unspecified atom stereocenters. The molecule has 0 aromatic heterocycles. The Balaban J connectivity index is 1.61. The third kappa shape index (κ3) is 4.26. The van der Waals surface area contributed by atoms with Crippen LogP contribution in [0.15, 0.2) is 24.3 Å². The maximum absolute atomic E-state index is 12.9. The number of rotatable bonds is 4. The molecular weight excluding hydrogens is 363 g/mol. The Hall–Kier alpha value is -2.09. The molecule has 1 aliphatic heterocycles. The quantitative estimate of drug-likeness (QED) is 0.639. The van der Waals surface area contributed by atoms with Crippen LogP contribution < -0.4 is 4.74 Å². The molecule has 1 aromatic rings. The van der Waals surface area contributed by atoms with Crippen molar-refractivity contribution in [2.75, 3.05) is 13.1 Å². The average molecular weight is 385 g/mol. The van der Waals surface area contributed by atoms with Gasteiger partial charge >= 0.3 is 12.1 Å². The van der Waals surface area contributed by atoms with Crippen LogP contribution in [0.4, 0.5) is 13.2 Å². The molecule has 0 spiro atoms. The third-order valence-corrected chi connectivity index (χ3v) is 5.18. The van der Waals surface area contributed by atoms with E-state index in [-0.39, 0.29) is 23.1 Å². The van der Waals surface area contributed by atoms with Crippen molar-refractivity contribution >= 4 is 11.9 Å². The molecule has 1 aromatic carbocycles. The number of esters is 1. The minimum atomic E-state index is -4.81. The van der Waals surface area contributed by atoms with Gasteiger partial charge in [-0.1, -0.05) is 12.1 Å². The van der Waals surface area contributed by atoms with Gasteiger partial charge in [0, 0.05) is 19.0 Å².